The molecule has 4 aromatic rings. The number of halogens is 2. The van der Waals surface area contributed by atoms with Gasteiger partial charge in [0, 0.05) is 17.5 Å². The van der Waals surface area contributed by atoms with E-state index in [-0.39, 0.29) is 29.2 Å². The second-order valence-electron chi connectivity index (χ2n) is 7.58. The van der Waals surface area contributed by atoms with Crippen molar-refractivity contribution in [3.63, 3.8) is 0 Å². The molecule has 7 nitrogen and oxygen atoms in total. The van der Waals surface area contributed by atoms with Gasteiger partial charge in [0.25, 0.3) is 0 Å². The number of pyridine rings is 1. The van der Waals surface area contributed by atoms with Crippen LogP contribution >= 0.6 is 11.6 Å². The number of Topliss-reactive ketones (excluding diaryl/α,β-unsaturated/α-hetero) is 1. The van der Waals surface area contributed by atoms with E-state index in [1.54, 1.807) is 36.4 Å². The van der Waals surface area contributed by atoms with Gasteiger partial charge in [0.2, 0.25) is 5.43 Å². The van der Waals surface area contributed by atoms with Crippen molar-refractivity contribution in [3.8, 4) is 22.6 Å². The average molecular weight is 491 g/mol. The summed E-state index contributed by atoms with van der Waals surface area (Å²) < 4.78 is 20.5. The number of hydrogen-bond donors (Lipinski definition) is 1. The van der Waals surface area contributed by atoms with Crippen LogP contribution in [0, 0.1) is 5.82 Å². The highest BCUT2D eigenvalue weighted by Crippen LogP contribution is 2.33. The number of ether oxygens (including phenoxy) is 1. The Morgan fingerprint density at radius 3 is 2.63 bits per heavy atom. The summed E-state index contributed by atoms with van der Waals surface area (Å²) in [7, 11) is 0. The molecule has 35 heavy (non-hydrogen) atoms. The molecule has 0 saturated heterocycles. The zero-order valence-electron chi connectivity index (χ0n) is 18.4. The second kappa shape index (κ2) is 10.3. The van der Waals surface area contributed by atoms with E-state index in [1.807, 2.05) is 0 Å². The zero-order chi connectivity index (χ0) is 24.9. The van der Waals surface area contributed by atoms with Crippen LogP contribution < -0.4 is 15.9 Å². The number of nitrogens with two attached hydrogens (primary N) is 1. The van der Waals surface area contributed by atoms with Crippen LogP contribution in [0.5, 0.6) is 11.5 Å². The summed E-state index contributed by atoms with van der Waals surface area (Å²) in [6.45, 7) is 3.96. The van der Waals surface area contributed by atoms with Crippen LogP contribution in [-0.4, -0.2) is 20.5 Å². The van der Waals surface area contributed by atoms with Crippen molar-refractivity contribution in [2.45, 2.75) is 13.0 Å². The normalized spacial score (nSPS) is 10.7. The minimum absolute atomic E-state index is 0.150. The van der Waals surface area contributed by atoms with Crippen molar-refractivity contribution in [1.29, 1.82) is 0 Å². The average Bonchev–Trinajstić information content (AvgIpc) is 2.85. The van der Waals surface area contributed by atoms with Gasteiger partial charge in [-0.1, -0.05) is 35.9 Å². The summed E-state index contributed by atoms with van der Waals surface area (Å²) in [5, 5.41) is 4.47. The van der Waals surface area contributed by atoms with Gasteiger partial charge in [-0.3, -0.25) is 19.3 Å². The summed E-state index contributed by atoms with van der Waals surface area (Å²) >= 11 is 6.15. The monoisotopic (exact) mass is 490 g/mol. The van der Waals surface area contributed by atoms with Gasteiger partial charge in [0.1, 0.15) is 22.3 Å². The maximum absolute atomic E-state index is 13.3. The van der Waals surface area contributed by atoms with Crippen molar-refractivity contribution >= 4 is 23.1 Å². The molecule has 0 aliphatic carbocycles. The minimum Gasteiger partial charge on any atom is -0.454 e. The number of nitrogens with zero attached hydrogens (tertiary/aromatic N) is 3. The van der Waals surface area contributed by atoms with Crippen LogP contribution in [-0.2, 0) is 13.0 Å². The zero-order valence-corrected chi connectivity index (χ0v) is 19.2. The molecule has 2 aromatic carbocycles. The Hall–Kier alpha value is -4.30. The SMILES string of the molecule is C=CCn1cc(-c2ccc(F)cc2)c(=O)c(C(=O)Cc2ccc(Oc3cccc(N)c3Cl)cn2)n1. The third kappa shape index (κ3) is 5.44. The van der Waals surface area contributed by atoms with Gasteiger partial charge in [0.15, 0.2) is 11.5 Å². The number of nitrogen functional groups attached to an aromatic ring is 1. The third-order valence-corrected chi connectivity index (χ3v) is 5.47. The highest BCUT2D eigenvalue weighted by atomic mass is 35.5. The van der Waals surface area contributed by atoms with E-state index in [1.165, 1.54) is 41.3 Å². The maximum Gasteiger partial charge on any atom is 0.219 e. The summed E-state index contributed by atoms with van der Waals surface area (Å²) in [5.74, 6) is -0.154. The van der Waals surface area contributed by atoms with Crippen LogP contribution in [0.3, 0.4) is 0 Å². The van der Waals surface area contributed by atoms with E-state index < -0.39 is 17.0 Å². The topological polar surface area (TPSA) is 100 Å². The molecule has 2 heterocycles. The molecule has 176 valence electrons. The fraction of sp³-hybridized carbons (Fsp3) is 0.0769. The van der Waals surface area contributed by atoms with Crippen LogP contribution in [0.15, 0.2) is 84.4 Å². The van der Waals surface area contributed by atoms with Gasteiger partial charge in [-0.2, -0.15) is 5.10 Å². The molecule has 0 aliphatic rings. The highest BCUT2D eigenvalue weighted by Gasteiger charge is 2.19. The Balaban J connectivity index is 1.58. The van der Waals surface area contributed by atoms with E-state index in [0.29, 0.717) is 28.4 Å². The number of anilines is 1. The molecule has 0 atom stereocenters. The Labute approximate surface area is 205 Å². The number of carbonyl (C=O) groups excluding carboxylic acids is 1. The number of benzene rings is 2. The first-order valence-electron chi connectivity index (χ1n) is 10.5. The summed E-state index contributed by atoms with van der Waals surface area (Å²) in [5.41, 5.74) is 6.53. The lowest BCUT2D eigenvalue weighted by Crippen LogP contribution is -2.25. The van der Waals surface area contributed by atoms with Crippen molar-refractivity contribution < 1.29 is 13.9 Å². The highest BCUT2D eigenvalue weighted by molar-refractivity contribution is 6.34. The van der Waals surface area contributed by atoms with Gasteiger partial charge >= 0.3 is 0 Å². The van der Waals surface area contributed by atoms with Gasteiger partial charge in [-0.25, -0.2) is 4.39 Å². The largest absolute Gasteiger partial charge is 0.454 e. The molecule has 0 fully saturated rings. The third-order valence-electron chi connectivity index (χ3n) is 5.06. The first-order chi connectivity index (χ1) is 16.9. The standard InChI is InChI=1S/C26H20ClFN4O3/c1-2-12-32-15-20(16-6-8-17(28)9-7-16)26(34)25(31-32)22(33)13-18-10-11-19(14-30-18)35-23-5-3-4-21(29)24(23)27/h2-11,14-15H,1,12-13,29H2. The van der Waals surface area contributed by atoms with Gasteiger partial charge in [-0.05, 0) is 42.0 Å². The van der Waals surface area contributed by atoms with Gasteiger partial charge < -0.3 is 10.5 Å². The van der Waals surface area contributed by atoms with Gasteiger partial charge in [0.05, 0.1) is 24.8 Å². The van der Waals surface area contributed by atoms with Crippen molar-refractivity contribution in [3.05, 3.63) is 112 Å². The summed E-state index contributed by atoms with van der Waals surface area (Å²) in [6.07, 6.45) is 4.40. The van der Waals surface area contributed by atoms with Crippen LogP contribution in [0.4, 0.5) is 10.1 Å². The van der Waals surface area contributed by atoms with Crippen molar-refractivity contribution in [2.75, 3.05) is 5.73 Å². The summed E-state index contributed by atoms with van der Waals surface area (Å²) in [4.78, 5) is 30.4. The molecule has 0 amide bonds. The molecule has 0 unspecified atom stereocenters. The molecule has 9 heteroatoms. The number of allylic oxidation sites excluding steroid dienone is 1. The first kappa shape index (κ1) is 23.8. The van der Waals surface area contributed by atoms with Crippen LogP contribution in [0.2, 0.25) is 5.02 Å². The Morgan fingerprint density at radius 1 is 1.17 bits per heavy atom. The molecule has 0 aliphatic heterocycles. The molecular formula is C26H20ClFN4O3. The van der Waals surface area contributed by atoms with E-state index in [0.717, 1.165) is 0 Å². The van der Waals surface area contributed by atoms with Gasteiger partial charge in [-0.15, -0.1) is 6.58 Å². The molecule has 0 bridgehead atoms. The van der Waals surface area contributed by atoms with E-state index >= 15 is 0 Å². The lowest BCUT2D eigenvalue weighted by molar-refractivity contribution is 0.0983. The minimum atomic E-state index is -0.543. The predicted molar refractivity (Wildman–Crippen MR) is 132 cm³/mol. The number of aromatic nitrogens is 3. The maximum atomic E-state index is 13.3. The van der Waals surface area contributed by atoms with Crippen LogP contribution in [0.25, 0.3) is 11.1 Å². The Morgan fingerprint density at radius 2 is 1.94 bits per heavy atom. The lowest BCUT2D eigenvalue weighted by atomic mass is 10.0. The molecular weight excluding hydrogens is 471 g/mol. The first-order valence-corrected chi connectivity index (χ1v) is 10.9. The Bertz CT molecular complexity index is 1450. The lowest BCUT2D eigenvalue weighted by Gasteiger charge is -2.10. The Kier molecular flexibility index (Phi) is 7.03. The molecule has 2 aromatic heterocycles. The smallest absolute Gasteiger partial charge is 0.219 e. The molecule has 0 radical (unpaired) electrons. The number of ketones is 1. The predicted octanol–water partition coefficient (Wildman–Crippen LogP) is 5.08. The van der Waals surface area contributed by atoms with Crippen molar-refractivity contribution in [1.82, 2.24) is 14.8 Å². The fourth-order valence-electron chi connectivity index (χ4n) is 3.34. The molecule has 2 N–H and O–H groups in total. The quantitative estimate of drug-likeness (QED) is 0.210. The fourth-order valence-corrected chi connectivity index (χ4v) is 3.50. The molecule has 0 spiro atoms. The number of rotatable bonds is 8. The van der Waals surface area contributed by atoms with E-state index in [2.05, 4.69) is 16.7 Å². The van der Waals surface area contributed by atoms with Crippen LogP contribution in [0.1, 0.15) is 16.2 Å². The van der Waals surface area contributed by atoms with Crippen molar-refractivity contribution in [2.24, 2.45) is 0 Å². The van der Waals surface area contributed by atoms with E-state index in [9.17, 15) is 14.0 Å². The number of hydrogen-bond acceptors (Lipinski definition) is 6. The molecule has 4 rings (SSSR count). The van der Waals surface area contributed by atoms with E-state index in [4.69, 9.17) is 22.1 Å². The molecule has 0 saturated carbocycles. The summed E-state index contributed by atoms with van der Waals surface area (Å²) in [6, 6.07) is 13.7. The second-order valence-corrected chi connectivity index (χ2v) is 7.96. The number of carbonyl (C=O) groups is 1.